The topological polar surface area (TPSA) is 60.4 Å². The van der Waals surface area contributed by atoms with E-state index in [1.807, 2.05) is 28.0 Å². The molecule has 1 N–H and O–H groups in total. The summed E-state index contributed by atoms with van der Waals surface area (Å²) in [6.07, 6.45) is 8.15. The second kappa shape index (κ2) is 38.5. The van der Waals surface area contributed by atoms with Crippen molar-refractivity contribution in [3.63, 3.8) is 0 Å². The summed E-state index contributed by atoms with van der Waals surface area (Å²) in [4.78, 5) is 28.6. The van der Waals surface area contributed by atoms with E-state index in [0.717, 1.165) is 72.7 Å². The molecule has 7 nitrogen and oxygen atoms in total. The number of benzene rings is 6. The van der Waals surface area contributed by atoms with Crippen molar-refractivity contribution in [3.05, 3.63) is 206 Å². The number of carbonyl (C=O) groups excluding carboxylic acids is 2. The summed E-state index contributed by atoms with van der Waals surface area (Å²) < 4.78 is 82.9. The Hall–Kier alpha value is -7.48. The Kier molecular flexibility index (Phi) is 32.6. The second-order valence-electron chi connectivity index (χ2n) is 20.0. The van der Waals surface area contributed by atoms with Crippen LogP contribution in [0, 0.1) is 0 Å². The van der Waals surface area contributed by atoms with Crippen LogP contribution >= 0.6 is 0 Å². The molecule has 0 fully saturated rings. The monoisotopic (exact) mass is 1220 g/mol. The minimum Gasteiger partial charge on any atom is -0.418 e. The summed E-state index contributed by atoms with van der Waals surface area (Å²) in [6.45, 7) is 13.8. The normalized spacial score (nSPS) is 10.7. The predicted molar refractivity (Wildman–Crippen MR) is 350 cm³/mol. The molecular weight excluding hydrogens is 1140 g/mol. The first kappa shape index (κ1) is 72.8. The maximum Gasteiger partial charge on any atom is 0.673 e. The van der Waals surface area contributed by atoms with Crippen molar-refractivity contribution in [1.29, 1.82) is 0 Å². The molecule has 6 aromatic carbocycles. The van der Waals surface area contributed by atoms with E-state index in [1.165, 1.54) is 65.7 Å². The van der Waals surface area contributed by atoms with Crippen molar-refractivity contribution >= 4 is 48.3 Å². The molecule has 0 bridgehead atoms. The Morgan fingerprint density at radius 2 is 0.640 bits per heavy atom. The van der Waals surface area contributed by atoms with Gasteiger partial charge in [-0.25, -0.2) is 0 Å². The van der Waals surface area contributed by atoms with Crippen LogP contribution in [0.25, 0.3) is 67.3 Å². The fourth-order valence-corrected chi connectivity index (χ4v) is 9.50. The molecule has 460 valence electrons. The van der Waals surface area contributed by atoms with Crippen molar-refractivity contribution in [3.8, 4) is 67.3 Å². The van der Waals surface area contributed by atoms with Crippen molar-refractivity contribution in [1.82, 2.24) is 15.1 Å². The largest absolute Gasteiger partial charge is 0.673 e. The number of unbranched alkanes of at least 4 members (excludes halogenated alkanes) is 4. The minimum absolute atomic E-state index is 0. The molecule has 0 atom stereocenters. The number of nitrogens with one attached hydrogen (secondary N) is 1. The first-order valence-corrected chi connectivity index (χ1v) is 28.8. The highest BCUT2D eigenvalue weighted by Gasteiger charge is 2.26. The molecule has 2 amide bonds. The van der Waals surface area contributed by atoms with E-state index >= 15 is 0 Å². The number of hydrogen-bond donors (Lipinski definition) is 1. The number of halogens is 8. The van der Waals surface area contributed by atoms with E-state index < -0.39 is 14.5 Å². The average molecular weight is 1220 g/mol. The standard InChI is InChI=1S/C35H40N3O2.C32H37N2.2BF4.2H4Si/c1-4-5-21-36(28(2)39)22-23-37(29(3)40)24-25-38-34(31-17-11-7-12-18-31)26-33(30-15-9-6-10-16-30)27-35(38)32-19-13-8-14-20-32;1-2-3-22-33-23-14-7-15-24-34-31(28-18-10-5-11-19-28)25-30(27-16-8-4-9-17-27)26-32(34)29-20-12-6-13-21-29;2*2-1(3,4)5;;/h6-20,26-27H,4-5,21-25H2,1-3H3;4-6,8-13,16-21,25-26,33H,2-3,7,14-15,22-24H2,1H3;;;2*1H4/q2*+1;2*-1;;. The summed E-state index contributed by atoms with van der Waals surface area (Å²) >= 11 is 0. The summed E-state index contributed by atoms with van der Waals surface area (Å²) in [6, 6.07) is 72.9. The van der Waals surface area contributed by atoms with E-state index in [2.05, 4.69) is 216 Å². The van der Waals surface area contributed by atoms with Crippen molar-refractivity contribution in [2.24, 2.45) is 0 Å². The summed E-state index contributed by atoms with van der Waals surface area (Å²) in [5, 5.41) is 3.58. The zero-order chi connectivity index (χ0) is 60.7. The van der Waals surface area contributed by atoms with E-state index in [1.54, 1.807) is 13.8 Å². The first-order valence-electron chi connectivity index (χ1n) is 28.8. The number of hydrogen-bond acceptors (Lipinski definition) is 3. The molecular formula is C67H85B2F8N5O2Si2. The lowest BCUT2D eigenvalue weighted by atomic mass is 9.98. The van der Waals surface area contributed by atoms with Gasteiger partial charge in [0.05, 0.1) is 6.54 Å². The molecule has 0 aliphatic carbocycles. The molecule has 0 spiro atoms. The SMILES string of the molecule is CCCCN(CCN(CC[n+]1c(-c2ccccc2)cc(-c2ccccc2)cc1-c1ccccc1)C(C)=O)C(C)=O.CCCCNCCCCC[n+]1c(-c2ccccc2)cc(-c2ccccc2)cc1-c1ccccc1.F[B-](F)(F)F.F[B-](F)(F)F.[SiH4].[SiH4]. The van der Waals surface area contributed by atoms with Gasteiger partial charge in [0.15, 0.2) is 6.54 Å². The highest BCUT2D eigenvalue weighted by molar-refractivity contribution is 6.50. The van der Waals surface area contributed by atoms with Crippen LogP contribution in [-0.2, 0) is 22.7 Å². The number of carbonyl (C=O) groups is 2. The number of nitrogens with zero attached hydrogens (tertiary/aromatic N) is 4. The number of aromatic nitrogens is 2. The maximum atomic E-state index is 12.7. The van der Waals surface area contributed by atoms with E-state index in [4.69, 9.17) is 0 Å². The Bertz CT molecular complexity index is 3030. The van der Waals surface area contributed by atoms with Gasteiger partial charge < -0.3 is 49.6 Å². The van der Waals surface area contributed by atoms with Crippen LogP contribution in [-0.4, -0.2) is 97.3 Å². The van der Waals surface area contributed by atoms with Crippen LogP contribution in [0.5, 0.6) is 0 Å². The zero-order valence-electron chi connectivity index (χ0n) is 48.5. The van der Waals surface area contributed by atoms with Crippen LogP contribution in [0.4, 0.5) is 34.5 Å². The van der Waals surface area contributed by atoms with E-state index in [0.29, 0.717) is 26.2 Å². The van der Waals surface area contributed by atoms with Crippen LogP contribution in [0.15, 0.2) is 206 Å². The van der Waals surface area contributed by atoms with Gasteiger partial charge >= 0.3 is 14.5 Å². The Balaban J connectivity index is 0.000000384. The Morgan fingerprint density at radius 3 is 0.942 bits per heavy atom. The van der Waals surface area contributed by atoms with Crippen LogP contribution in [0.3, 0.4) is 0 Å². The van der Waals surface area contributed by atoms with Gasteiger partial charge in [-0.15, -0.1) is 0 Å². The Morgan fingerprint density at radius 1 is 0.360 bits per heavy atom. The zero-order valence-corrected chi connectivity index (χ0v) is 48.5. The van der Waals surface area contributed by atoms with Gasteiger partial charge in [0, 0.05) is 86.4 Å². The first-order chi connectivity index (χ1) is 40.3. The molecule has 0 unspecified atom stereocenters. The van der Waals surface area contributed by atoms with Gasteiger partial charge in [0.1, 0.15) is 6.54 Å². The lowest BCUT2D eigenvalue weighted by molar-refractivity contribution is -0.676. The molecule has 8 aromatic rings. The molecule has 0 saturated carbocycles. The summed E-state index contributed by atoms with van der Waals surface area (Å²) in [5.74, 6) is 0.0728. The fraction of sp³-hybridized carbons (Fsp3) is 0.284. The van der Waals surface area contributed by atoms with E-state index in [-0.39, 0.29) is 33.7 Å². The third-order valence-corrected chi connectivity index (χ3v) is 13.7. The minimum atomic E-state index is -6.00. The molecule has 0 aliphatic rings. The van der Waals surface area contributed by atoms with Gasteiger partial charge in [0.2, 0.25) is 34.6 Å². The maximum absolute atomic E-state index is 12.7. The fourth-order valence-electron chi connectivity index (χ4n) is 9.50. The molecule has 2 aromatic heterocycles. The summed E-state index contributed by atoms with van der Waals surface area (Å²) in [7, 11) is -12.0. The summed E-state index contributed by atoms with van der Waals surface area (Å²) in [5.41, 5.74) is 14.3. The molecule has 86 heavy (non-hydrogen) atoms. The highest BCUT2D eigenvalue weighted by atomic mass is 28.1. The quantitative estimate of drug-likeness (QED) is 0.0284. The van der Waals surface area contributed by atoms with Gasteiger partial charge in [-0.2, -0.15) is 9.13 Å². The number of amides is 2. The number of pyridine rings is 2. The smallest absolute Gasteiger partial charge is 0.418 e. The van der Waals surface area contributed by atoms with Crippen LogP contribution in [0.1, 0.15) is 72.6 Å². The van der Waals surface area contributed by atoms with Crippen molar-refractivity contribution in [2.45, 2.75) is 85.7 Å². The lowest BCUT2D eigenvalue weighted by Gasteiger charge is -2.26. The van der Waals surface area contributed by atoms with Gasteiger partial charge in [0.25, 0.3) is 0 Å². The Labute approximate surface area is 512 Å². The van der Waals surface area contributed by atoms with Crippen molar-refractivity contribution in [2.75, 3.05) is 39.3 Å². The molecule has 8 rings (SSSR count). The van der Waals surface area contributed by atoms with E-state index in [9.17, 15) is 44.1 Å². The number of rotatable bonds is 24. The third-order valence-electron chi connectivity index (χ3n) is 13.7. The molecule has 19 heteroatoms. The van der Waals surface area contributed by atoms with Gasteiger partial charge in [-0.3, -0.25) is 9.59 Å². The molecule has 0 radical (unpaired) electrons. The average Bonchev–Trinajstić information content (AvgIpc) is 2.24. The molecule has 0 aliphatic heterocycles. The van der Waals surface area contributed by atoms with Gasteiger partial charge in [-0.1, -0.05) is 160 Å². The third kappa shape index (κ3) is 26.4. The second-order valence-corrected chi connectivity index (χ2v) is 20.0. The lowest BCUT2D eigenvalue weighted by Crippen LogP contribution is -2.47. The highest BCUT2D eigenvalue weighted by Crippen LogP contribution is 2.31. The molecule has 2 heterocycles. The van der Waals surface area contributed by atoms with Crippen LogP contribution < -0.4 is 14.5 Å². The molecule has 0 saturated heterocycles. The van der Waals surface area contributed by atoms with Crippen LogP contribution in [0.2, 0.25) is 0 Å². The van der Waals surface area contributed by atoms with Crippen molar-refractivity contribution < 1.29 is 53.2 Å². The van der Waals surface area contributed by atoms with Gasteiger partial charge in [-0.05, 0) is 131 Å². The predicted octanol–water partition coefficient (Wildman–Crippen LogP) is 13.7.